The number of nitrogens with zero attached hydrogens (tertiary/aromatic N) is 1. The van der Waals surface area contributed by atoms with Crippen molar-refractivity contribution < 1.29 is 9.59 Å². The lowest BCUT2D eigenvalue weighted by Crippen LogP contribution is -2.40. The molecule has 1 N–H and O–H groups in total. The number of hydrogen-bond acceptors (Lipinski definition) is 2. The average Bonchev–Trinajstić information content (AvgIpc) is 2.63. The van der Waals surface area contributed by atoms with Crippen LogP contribution < -0.4 is 10.2 Å². The minimum absolute atomic E-state index is 0.437. The van der Waals surface area contributed by atoms with E-state index in [1.165, 1.54) is 4.90 Å². The van der Waals surface area contributed by atoms with Gasteiger partial charge in [0.25, 0.3) is 0 Å². The molecule has 0 bridgehead atoms. The van der Waals surface area contributed by atoms with Crippen LogP contribution in [0.15, 0.2) is 48.5 Å². The van der Waals surface area contributed by atoms with Gasteiger partial charge in [-0.2, -0.15) is 0 Å². The number of carbonyl (C=O) groups is 2. The lowest BCUT2D eigenvalue weighted by atomic mass is 10.0. The van der Waals surface area contributed by atoms with Crippen molar-refractivity contribution in [2.75, 3.05) is 16.8 Å². The molecule has 0 aliphatic carbocycles. The van der Waals surface area contributed by atoms with Gasteiger partial charge in [0, 0.05) is 17.9 Å². The third-order valence-corrected chi connectivity index (χ3v) is 4.06. The van der Waals surface area contributed by atoms with Crippen LogP contribution in [0.4, 0.5) is 11.4 Å². The Hall–Kier alpha value is -2.62. The van der Waals surface area contributed by atoms with Crippen LogP contribution in [0.3, 0.4) is 0 Å². The fourth-order valence-corrected chi connectivity index (χ4v) is 2.74. The Labute approximate surface area is 143 Å². The van der Waals surface area contributed by atoms with E-state index in [-0.39, 0.29) is 0 Å². The van der Waals surface area contributed by atoms with Crippen LogP contribution >= 0.6 is 0 Å². The number of para-hydroxylation sites is 2. The molecular formula is C20H24N2O2. The van der Waals surface area contributed by atoms with Gasteiger partial charge < -0.3 is 10.2 Å². The summed E-state index contributed by atoms with van der Waals surface area (Å²) in [5.74, 6) is -1.15. The molecule has 0 saturated heterocycles. The molecule has 0 saturated carbocycles. The molecule has 2 amide bonds. The first-order valence-corrected chi connectivity index (χ1v) is 8.40. The first-order chi connectivity index (χ1) is 11.6. The standard InChI is InChI=1S/C20H24N2O2/c1-4-15-11-10-12-16(5-2)18(15)21-19(23)20(24)22(6-3)17-13-8-7-9-14-17/h7-14H,4-6H2,1-3H3,(H,21,23). The number of anilines is 2. The highest BCUT2D eigenvalue weighted by molar-refractivity contribution is 6.44. The second kappa shape index (κ2) is 8.29. The molecule has 2 rings (SSSR count). The highest BCUT2D eigenvalue weighted by Crippen LogP contribution is 2.23. The SMILES string of the molecule is CCc1cccc(CC)c1NC(=O)C(=O)N(CC)c1ccccc1. The fraction of sp³-hybridized carbons (Fsp3) is 0.300. The Bertz CT molecular complexity index is 689. The van der Waals surface area contributed by atoms with Crippen molar-refractivity contribution in [1.82, 2.24) is 0 Å². The van der Waals surface area contributed by atoms with Crippen molar-refractivity contribution in [3.63, 3.8) is 0 Å². The lowest BCUT2D eigenvalue weighted by molar-refractivity contribution is -0.134. The zero-order valence-corrected chi connectivity index (χ0v) is 14.5. The highest BCUT2D eigenvalue weighted by Gasteiger charge is 2.23. The zero-order valence-electron chi connectivity index (χ0n) is 14.5. The first kappa shape index (κ1) is 17.7. The van der Waals surface area contributed by atoms with Gasteiger partial charge >= 0.3 is 11.8 Å². The van der Waals surface area contributed by atoms with Gasteiger partial charge in [0.05, 0.1) is 0 Å². The topological polar surface area (TPSA) is 49.4 Å². The molecule has 0 unspecified atom stereocenters. The molecule has 4 heteroatoms. The van der Waals surface area contributed by atoms with Crippen LogP contribution in [-0.4, -0.2) is 18.4 Å². The molecule has 2 aromatic carbocycles. The van der Waals surface area contributed by atoms with Crippen molar-refractivity contribution >= 4 is 23.2 Å². The molecule has 2 aromatic rings. The molecule has 0 atom stereocenters. The van der Waals surface area contributed by atoms with Crippen LogP contribution in [0.25, 0.3) is 0 Å². The van der Waals surface area contributed by atoms with E-state index in [0.29, 0.717) is 6.54 Å². The van der Waals surface area contributed by atoms with Gasteiger partial charge in [0.1, 0.15) is 0 Å². The molecule has 4 nitrogen and oxygen atoms in total. The van der Waals surface area contributed by atoms with E-state index in [4.69, 9.17) is 0 Å². The monoisotopic (exact) mass is 324 g/mol. The van der Waals surface area contributed by atoms with Crippen LogP contribution in [0, 0.1) is 0 Å². The number of aryl methyl sites for hydroxylation is 2. The minimum Gasteiger partial charge on any atom is -0.317 e. The van der Waals surface area contributed by atoms with Gasteiger partial charge in [-0.15, -0.1) is 0 Å². The summed E-state index contributed by atoms with van der Waals surface area (Å²) >= 11 is 0. The van der Waals surface area contributed by atoms with Crippen LogP contribution in [0.2, 0.25) is 0 Å². The maximum atomic E-state index is 12.6. The third kappa shape index (κ3) is 3.82. The van der Waals surface area contributed by atoms with Crippen molar-refractivity contribution in [3.05, 3.63) is 59.7 Å². The predicted octanol–water partition coefficient (Wildman–Crippen LogP) is 3.80. The van der Waals surface area contributed by atoms with E-state index in [9.17, 15) is 9.59 Å². The van der Waals surface area contributed by atoms with Crippen molar-refractivity contribution in [3.8, 4) is 0 Å². The quantitative estimate of drug-likeness (QED) is 0.850. The summed E-state index contributed by atoms with van der Waals surface area (Å²) in [7, 11) is 0. The van der Waals surface area contributed by atoms with Gasteiger partial charge in [0.15, 0.2) is 0 Å². The highest BCUT2D eigenvalue weighted by atomic mass is 16.2. The zero-order chi connectivity index (χ0) is 17.5. The Kier molecular flexibility index (Phi) is 6.13. The molecule has 126 valence electrons. The van der Waals surface area contributed by atoms with E-state index < -0.39 is 11.8 Å². The van der Waals surface area contributed by atoms with Gasteiger partial charge in [-0.05, 0) is 43.0 Å². The number of benzene rings is 2. The summed E-state index contributed by atoms with van der Waals surface area (Å²) in [5, 5.41) is 2.84. The van der Waals surface area contributed by atoms with E-state index in [1.54, 1.807) is 0 Å². The van der Waals surface area contributed by atoms with Crippen molar-refractivity contribution in [2.45, 2.75) is 33.6 Å². The molecule has 0 spiro atoms. The largest absolute Gasteiger partial charge is 0.317 e. The third-order valence-electron chi connectivity index (χ3n) is 4.06. The normalized spacial score (nSPS) is 10.3. The van der Waals surface area contributed by atoms with E-state index >= 15 is 0 Å². The van der Waals surface area contributed by atoms with Gasteiger partial charge in [-0.1, -0.05) is 50.2 Å². The Morgan fingerprint density at radius 3 is 1.96 bits per heavy atom. The summed E-state index contributed by atoms with van der Waals surface area (Å²) < 4.78 is 0. The number of rotatable bonds is 5. The van der Waals surface area contributed by atoms with E-state index in [2.05, 4.69) is 5.32 Å². The Morgan fingerprint density at radius 1 is 0.875 bits per heavy atom. The molecule has 0 aliphatic heterocycles. The first-order valence-electron chi connectivity index (χ1n) is 8.40. The maximum absolute atomic E-state index is 12.6. The van der Waals surface area contributed by atoms with Crippen molar-refractivity contribution in [2.24, 2.45) is 0 Å². The lowest BCUT2D eigenvalue weighted by Gasteiger charge is -2.21. The summed E-state index contributed by atoms with van der Waals surface area (Å²) in [6.45, 7) is 6.37. The predicted molar refractivity (Wildman–Crippen MR) is 98.3 cm³/mol. The smallest absolute Gasteiger partial charge is 0.316 e. The fourth-order valence-electron chi connectivity index (χ4n) is 2.74. The van der Waals surface area contributed by atoms with Gasteiger partial charge in [0.2, 0.25) is 0 Å². The number of carbonyl (C=O) groups excluding carboxylic acids is 2. The van der Waals surface area contributed by atoms with E-state index in [1.807, 2.05) is 69.3 Å². The second-order valence-electron chi connectivity index (χ2n) is 5.50. The van der Waals surface area contributed by atoms with E-state index in [0.717, 1.165) is 35.3 Å². The Morgan fingerprint density at radius 2 is 1.46 bits per heavy atom. The van der Waals surface area contributed by atoms with Gasteiger partial charge in [-0.25, -0.2) is 0 Å². The molecule has 24 heavy (non-hydrogen) atoms. The number of amides is 2. The molecule has 0 aromatic heterocycles. The van der Waals surface area contributed by atoms with Crippen LogP contribution in [0.1, 0.15) is 31.9 Å². The average molecular weight is 324 g/mol. The molecule has 0 heterocycles. The summed E-state index contributed by atoms with van der Waals surface area (Å²) in [4.78, 5) is 26.6. The van der Waals surface area contributed by atoms with Crippen LogP contribution in [-0.2, 0) is 22.4 Å². The Balaban J connectivity index is 2.25. The minimum atomic E-state index is -0.601. The van der Waals surface area contributed by atoms with Crippen LogP contribution in [0.5, 0.6) is 0 Å². The molecule has 0 fully saturated rings. The second-order valence-corrected chi connectivity index (χ2v) is 5.50. The summed E-state index contributed by atoms with van der Waals surface area (Å²) in [5.41, 5.74) is 3.57. The molecule has 0 radical (unpaired) electrons. The summed E-state index contributed by atoms with van der Waals surface area (Å²) in [6.07, 6.45) is 1.60. The molecular weight excluding hydrogens is 300 g/mol. The molecule has 0 aliphatic rings. The summed E-state index contributed by atoms with van der Waals surface area (Å²) in [6, 6.07) is 15.2. The van der Waals surface area contributed by atoms with Gasteiger partial charge in [-0.3, -0.25) is 9.59 Å². The van der Waals surface area contributed by atoms with Crippen molar-refractivity contribution in [1.29, 1.82) is 0 Å². The maximum Gasteiger partial charge on any atom is 0.316 e. The number of hydrogen-bond donors (Lipinski definition) is 1. The number of nitrogens with one attached hydrogen (secondary N) is 1. The number of likely N-dealkylation sites (N-methyl/N-ethyl adjacent to an activating group) is 1.